The maximum Gasteiger partial charge on any atom is 0.241 e. The molecule has 1 aromatic rings. The summed E-state index contributed by atoms with van der Waals surface area (Å²) in [6.07, 6.45) is 3.90. The van der Waals surface area contributed by atoms with Gasteiger partial charge in [0, 0.05) is 11.4 Å². The topological polar surface area (TPSA) is 32.3 Å². The van der Waals surface area contributed by atoms with E-state index >= 15 is 0 Å². The molecule has 98 valence electrons. The molecule has 1 saturated carbocycles. The van der Waals surface area contributed by atoms with Crippen LogP contribution in [0.4, 0.5) is 0 Å². The Morgan fingerprint density at radius 3 is 2.89 bits per heavy atom. The highest BCUT2D eigenvalue weighted by Gasteiger charge is 2.43. The molecule has 0 aromatic carbocycles. The van der Waals surface area contributed by atoms with Gasteiger partial charge >= 0.3 is 0 Å². The van der Waals surface area contributed by atoms with Crippen molar-refractivity contribution in [2.24, 2.45) is 5.41 Å². The van der Waals surface area contributed by atoms with Crippen molar-refractivity contribution < 1.29 is 4.79 Å². The van der Waals surface area contributed by atoms with Gasteiger partial charge < -0.3 is 4.90 Å². The van der Waals surface area contributed by atoms with Crippen LogP contribution in [0.25, 0.3) is 0 Å². The molecule has 2 unspecified atom stereocenters. The van der Waals surface area contributed by atoms with Gasteiger partial charge in [0.25, 0.3) is 0 Å². The molecule has 2 atom stereocenters. The van der Waals surface area contributed by atoms with Crippen LogP contribution in [0.15, 0.2) is 17.5 Å². The molecule has 0 radical (unpaired) electrons. The molecule has 2 aliphatic rings. The lowest BCUT2D eigenvalue weighted by molar-refractivity contribution is -0.132. The average molecular weight is 264 g/mol. The van der Waals surface area contributed by atoms with Crippen LogP contribution >= 0.6 is 11.3 Å². The summed E-state index contributed by atoms with van der Waals surface area (Å²) in [5, 5.41) is 5.49. The maximum absolute atomic E-state index is 12.3. The van der Waals surface area contributed by atoms with Crippen molar-refractivity contribution in [1.82, 2.24) is 10.2 Å². The average Bonchev–Trinajstić information content (AvgIpc) is 2.90. The highest BCUT2D eigenvalue weighted by molar-refractivity contribution is 7.10. The molecule has 1 saturated heterocycles. The van der Waals surface area contributed by atoms with Crippen LogP contribution in [0, 0.1) is 5.41 Å². The molecule has 2 heterocycles. The SMILES string of the molecule is CC1NC(c2cccs2)N(CC2(C)CCC2)C1=O. The molecule has 18 heavy (non-hydrogen) atoms. The van der Waals surface area contributed by atoms with E-state index < -0.39 is 0 Å². The highest BCUT2D eigenvalue weighted by Crippen LogP contribution is 2.43. The van der Waals surface area contributed by atoms with E-state index in [0.717, 1.165) is 6.54 Å². The monoisotopic (exact) mass is 264 g/mol. The van der Waals surface area contributed by atoms with Crippen LogP contribution in [-0.2, 0) is 4.79 Å². The van der Waals surface area contributed by atoms with Crippen LogP contribution in [-0.4, -0.2) is 23.4 Å². The fourth-order valence-corrected chi connectivity index (χ4v) is 3.77. The van der Waals surface area contributed by atoms with E-state index in [1.54, 1.807) is 11.3 Å². The molecule has 1 N–H and O–H groups in total. The Morgan fingerprint density at radius 1 is 1.56 bits per heavy atom. The molecule has 3 rings (SSSR count). The molecule has 0 spiro atoms. The molecule has 2 fully saturated rings. The van der Waals surface area contributed by atoms with Gasteiger partial charge in [-0.1, -0.05) is 19.4 Å². The minimum Gasteiger partial charge on any atom is -0.320 e. The zero-order valence-corrected chi connectivity index (χ0v) is 11.8. The minimum absolute atomic E-state index is 0.0548. The Hall–Kier alpha value is -0.870. The summed E-state index contributed by atoms with van der Waals surface area (Å²) < 4.78 is 0. The van der Waals surface area contributed by atoms with Crippen LogP contribution in [0.5, 0.6) is 0 Å². The van der Waals surface area contributed by atoms with E-state index in [-0.39, 0.29) is 18.1 Å². The summed E-state index contributed by atoms with van der Waals surface area (Å²) in [6.45, 7) is 5.16. The number of hydrogen-bond acceptors (Lipinski definition) is 3. The molecule has 1 aromatic heterocycles. The summed E-state index contributed by atoms with van der Waals surface area (Å²) in [4.78, 5) is 15.6. The van der Waals surface area contributed by atoms with Gasteiger partial charge in [0.15, 0.2) is 0 Å². The number of amides is 1. The van der Waals surface area contributed by atoms with Gasteiger partial charge in [-0.2, -0.15) is 0 Å². The highest BCUT2D eigenvalue weighted by atomic mass is 32.1. The number of carbonyl (C=O) groups excluding carboxylic acids is 1. The van der Waals surface area contributed by atoms with Crippen molar-refractivity contribution in [3.05, 3.63) is 22.4 Å². The van der Waals surface area contributed by atoms with Crippen LogP contribution in [0.2, 0.25) is 0 Å². The first-order valence-electron chi connectivity index (χ1n) is 6.69. The van der Waals surface area contributed by atoms with Crippen molar-refractivity contribution in [3.63, 3.8) is 0 Å². The zero-order valence-electron chi connectivity index (χ0n) is 11.0. The number of nitrogens with zero attached hydrogens (tertiary/aromatic N) is 1. The summed E-state index contributed by atoms with van der Waals surface area (Å²) >= 11 is 1.72. The third-order valence-corrected chi connectivity index (χ3v) is 5.22. The Bertz CT molecular complexity index is 439. The molecule has 0 bridgehead atoms. The Morgan fingerprint density at radius 2 is 2.33 bits per heavy atom. The van der Waals surface area contributed by atoms with Gasteiger partial charge in [-0.25, -0.2) is 0 Å². The van der Waals surface area contributed by atoms with Crippen molar-refractivity contribution >= 4 is 17.2 Å². The number of nitrogens with one attached hydrogen (secondary N) is 1. The summed E-state index contributed by atoms with van der Waals surface area (Å²) in [5.74, 6) is 0.251. The van der Waals surface area contributed by atoms with E-state index in [2.05, 4.69) is 34.7 Å². The fraction of sp³-hybridized carbons (Fsp3) is 0.643. The lowest BCUT2D eigenvalue weighted by Crippen LogP contribution is -2.42. The molecular formula is C14H20N2OS. The van der Waals surface area contributed by atoms with Gasteiger partial charge in [-0.3, -0.25) is 10.1 Å². The first-order chi connectivity index (χ1) is 8.59. The smallest absolute Gasteiger partial charge is 0.241 e. The molecule has 3 nitrogen and oxygen atoms in total. The van der Waals surface area contributed by atoms with E-state index in [0.29, 0.717) is 5.41 Å². The van der Waals surface area contributed by atoms with Crippen LogP contribution < -0.4 is 5.32 Å². The second-order valence-electron chi connectivity index (χ2n) is 5.94. The van der Waals surface area contributed by atoms with Crippen molar-refractivity contribution in [2.45, 2.75) is 45.3 Å². The van der Waals surface area contributed by atoms with Gasteiger partial charge in [0.1, 0.15) is 6.17 Å². The summed E-state index contributed by atoms with van der Waals surface area (Å²) in [5.41, 5.74) is 0.344. The first kappa shape index (κ1) is 12.2. The fourth-order valence-electron chi connectivity index (χ4n) is 2.98. The predicted octanol–water partition coefficient (Wildman–Crippen LogP) is 2.76. The summed E-state index contributed by atoms with van der Waals surface area (Å²) in [7, 11) is 0. The summed E-state index contributed by atoms with van der Waals surface area (Å²) in [6, 6.07) is 4.11. The standard InChI is InChI=1S/C14H20N2OS/c1-10-13(17)16(9-14(2)6-4-7-14)12(15-10)11-5-3-8-18-11/h3,5,8,10,12,15H,4,6-7,9H2,1-2H3. The third-order valence-electron chi connectivity index (χ3n) is 4.30. The van der Waals surface area contributed by atoms with E-state index in [1.165, 1.54) is 24.1 Å². The van der Waals surface area contributed by atoms with Gasteiger partial charge in [0.2, 0.25) is 5.91 Å². The van der Waals surface area contributed by atoms with Crippen molar-refractivity contribution in [2.75, 3.05) is 6.54 Å². The number of rotatable bonds is 3. The van der Waals surface area contributed by atoms with Crippen LogP contribution in [0.3, 0.4) is 0 Å². The van der Waals surface area contributed by atoms with Crippen molar-refractivity contribution in [3.8, 4) is 0 Å². The molecular weight excluding hydrogens is 244 g/mol. The zero-order chi connectivity index (χ0) is 12.8. The van der Waals surface area contributed by atoms with Crippen LogP contribution in [0.1, 0.15) is 44.2 Å². The largest absolute Gasteiger partial charge is 0.320 e. The van der Waals surface area contributed by atoms with E-state index in [4.69, 9.17) is 0 Å². The molecule has 1 amide bonds. The lowest BCUT2D eigenvalue weighted by atomic mass is 9.70. The first-order valence-corrected chi connectivity index (χ1v) is 7.57. The van der Waals surface area contributed by atoms with E-state index in [9.17, 15) is 4.79 Å². The predicted molar refractivity (Wildman–Crippen MR) is 73.3 cm³/mol. The molecule has 4 heteroatoms. The Balaban J connectivity index is 1.81. The minimum atomic E-state index is -0.0548. The van der Waals surface area contributed by atoms with Crippen molar-refractivity contribution in [1.29, 1.82) is 0 Å². The van der Waals surface area contributed by atoms with Gasteiger partial charge in [0.05, 0.1) is 6.04 Å². The van der Waals surface area contributed by atoms with E-state index in [1.807, 2.05) is 6.92 Å². The maximum atomic E-state index is 12.3. The normalized spacial score (nSPS) is 30.6. The quantitative estimate of drug-likeness (QED) is 0.910. The Labute approximate surface area is 112 Å². The second kappa shape index (κ2) is 4.35. The lowest BCUT2D eigenvalue weighted by Gasteiger charge is -2.42. The number of thiophene rings is 1. The van der Waals surface area contributed by atoms with Gasteiger partial charge in [-0.15, -0.1) is 11.3 Å². The number of carbonyl (C=O) groups is 1. The Kier molecular flexibility index (Phi) is 2.94. The van der Waals surface area contributed by atoms with Gasteiger partial charge in [-0.05, 0) is 36.6 Å². The number of hydrogen-bond donors (Lipinski definition) is 1. The second-order valence-corrected chi connectivity index (χ2v) is 6.92. The third kappa shape index (κ3) is 1.97. The molecule has 1 aliphatic carbocycles. The molecule has 1 aliphatic heterocycles.